The van der Waals surface area contributed by atoms with Gasteiger partial charge in [0.15, 0.2) is 17.5 Å². The lowest BCUT2D eigenvalue weighted by molar-refractivity contribution is 0.0420. The minimum atomic E-state index is 0. The average molecular weight is 528 g/mol. The van der Waals surface area contributed by atoms with Crippen molar-refractivity contribution in [1.82, 2.24) is 10.6 Å². The number of nitrogens with zero attached hydrogens (tertiary/aromatic N) is 1. The number of benzene rings is 1. The van der Waals surface area contributed by atoms with Crippen molar-refractivity contribution in [2.24, 2.45) is 4.99 Å². The fraction of sp³-hybridized carbons (Fsp3) is 0.632. The molecule has 1 heterocycles. The molecule has 1 atom stereocenters. The van der Waals surface area contributed by atoms with Gasteiger partial charge in [-0.2, -0.15) is 0 Å². The molecule has 160 valence electrons. The van der Waals surface area contributed by atoms with Gasteiger partial charge in [0, 0.05) is 33.4 Å². The zero-order valence-corrected chi connectivity index (χ0v) is 19.8. The lowest BCUT2D eigenvalue weighted by atomic mass is 10.2. The van der Waals surface area contributed by atoms with Crippen molar-refractivity contribution in [3.8, 4) is 11.5 Å². The normalized spacial score (nSPS) is 16.4. The summed E-state index contributed by atoms with van der Waals surface area (Å²) in [4.78, 5) is 4.23. The summed E-state index contributed by atoms with van der Waals surface area (Å²) in [5, 5.41) is 7.08. The number of methoxy groups -OCH3 is 1. The summed E-state index contributed by atoms with van der Waals surface area (Å²) < 4.78 is 22.0. The molecule has 0 amide bonds. The van der Waals surface area contributed by atoms with Crippen LogP contribution in [0.15, 0.2) is 17.1 Å². The van der Waals surface area contributed by atoms with Crippen LogP contribution in [0.25, 0.3) is 0 Å². The Labute approximate surface area is 189 Å². The SMILES string of the molecule is CCOc1c(Cl)cc(CNC(=NC)NCCCOC2CCOC2)cc1OC.I. The molecule has 0 spiro atoms. The van der Waals surface area contributed by atoms with Crippen LogP contribution >= 0.6 is 35.6 Å². The fourth-order valence-electron chi connectivity index (χ4n) is 2.74. The molecule has 28 heavy (non-hydrogen) atoms. The molecule has 1 aliphatic rings. The van der Waals surface area contributed by atoms with E-state index in [1.165, 1.54) is 0 Å². The largest absolute Gasteiger partial charge is 0.493 e. The topological polar surface area (TPSA) is 73.3 Å². The van der Waals surface area contributed by atoms with Crippen molar-refractivity contribution in [3.05, 3.63) is 22.7 Å². The monoisotopic (exact) mass is 527 g/mol. The maximum absolute atomic E-state index is 6.31. The van der Waals surface area contributed by atoms with Gasteiger partial charge >= 0.3 is 0 Å². The number of aliphatic imine (C=N–C) groups is 1. The highest BCUT2D eigenvalue weighted by Crippen LogP contribution is 2.36. The summed E-state index contributed by atoms with van der Waals surface area (Å²) in [5.74, 6) is 1.92. The Kier molecular flexibility index (Phi) is 12.6. The van der Waals surface area contributed by atoms with Gasteiger partial charge in [0.2, 0.25) is 0 Å². The summed E-state index contributed by atoms with van der Waals surface area (Å²) >= 11 is 6.31. The van der Waals surface area contributed by atoms with Crippen LogP contribution in [0.2, 0.25) is 5.02 Å². The molecule has 1 unspecified atom stereocenters. The minimum Gasteiger partial charge on any atom is -0.493 e. The Morgan fingerprint density at radius 3 is 2.82 bits per heavy atom. The van der Waals surface area contributed by atoms with Gasteiger partial charge in [-0.3, -0.25) is 4.99 Å². The van der Waals surface area contributed by atoms with Crippen molar-refractivity contribution in [2.45, 2.75) is 32.4 Å². The average Bonchev–Trinajstić information content (AvgIpc) is 3.19. The summed E-state index contributed by atoms with van der Waals surface area (Å²) in [6.07, 6.45) is 2.15. The number of rotatable bonds is 10. The van der Waals surface area contributed by atoms with Crippen LogP contribution in [0, 0.1) is 0 Å². The molecular weight excluding hydrogens is 497 g/mol. The van der Waals surface area contributed by atoms with E-state index in [1.807, 2.05) is 19.1 Å². The van der Waals surface area contributed by atoms with Crippen LogP contribution in [0.1, 0.15) is 25.3 Å². The first-order valence-electron chi connectivity index (χ1n) is 9.31. The Bertz CT molecular complexity index is 613. The highest BCUT2D eigenvalue weighted by atomic mass is 127. The second-order valence-corrected chi connectivity index (χ2v) is 6.51. The molecule has 2 rings (SSSR count). The van der Waals surface area contributed by atoms with Gasteiger partial charge in [0.25, 0.3) is 0 Å². The van der Waals surface area contributed by atoms with Gasteiger partial charge in [-0.25, -0.2) is 0 Å². The Morgan fingerprint density at radius 2 is 2.18 bits per heavy atom. The van der Waals surface area contributed by atoms with E-state index in [0.717, 1.165) is 37.5 Å². The third-order valence-corrected chi connectivity index (χ3v) is 4.40. The Hall–Kier alpha value is -0.970. The maximum atomic E-state index is 6.31. The van der Waals surface area contributed by atoms with Crippen molar-refractivity contribution >= 4 is 41.5 Å². The first kappa shape index (κ1) is 25.1. The molecule has 1 aromatic rings. The second kappa shape index (κ2) is 14.1. The molecule has 0 aromatic heterocycles. The molecule has 2 N–H and O–H groups in total. The summed E-state index contributed by atoms with van der Waals surface area (Å²) in [7, 11) is 3.35. The number of ether oxygens (including phenoxy) is 4. The third kappa shape index (κ3) is 8.18. The third-order valence-electron chi connectivity index (χ3n) is 4.12. The van der Waals surface area contributed by atoms with Crippen LogP contribution in [-0.4, -0.2) is 59.2 Å². The van der Waals surface area contributed by atoms with Crippen LogP contribution in [0.5, 0.6) is 11.5 Å². The van der Waals surface area contributed by atoms with Crippen molar-refractivity contribution in [3.63, 3.8) is 0 Å². The molecule has 0 bridgehead atoms. The number of guanidine groups is 1. The molecule has 9 heteroatoms. The maximum Gasteiger partial charge on any atom is 0.191 e. The van der Waals surface area contributed by atoms with E-state index in [0.29, 0.717) is 42.9 Å². The predicted octanol–water partition coefficient (Wildman–Crippen LogP) is 3.23. The molecule has 0 saturated carbocycles. The standard InChI is InChI=1S/C19H30ClN3O4.HI/c1-4-26-18-16(20)10-14(11-17(18)24-3)12-23-19(21-2)22-7-5-8-27-15-6-9-25-13-15;/h10-11,15H,4-9,12-13H2,1-3H3,(H2,21,22,23);1H. The van der Waals surface area contributed by atoms with Gasteiger partial charge < -0.3 is 29.6 Å². The molecular formula is C19H31ClIN3O4. The Balaban J connectivity index is 0.00000392. The van der Waals surface area contributed by atoms with E-state index < -0.39 is 0 Å². The van der Waals surface area contributed by atoms with Crippen LogP contribution in [-0.2, 0) is 16.0 Å². The van der Waals surface area contributed by atoms with E-state index in [2.05, 4.69) is 15.6 Å². The first-order valence-corrected chi connectivity index (χ1v) is 9.68. The number of hydrogen-bond acceptors (Lipinski definition) is 5. The number of halogens is 2. The summed E-state index contributed by atoms with van der Waals surface area (Å²) in [5.41, 5.74) is 0.979. The Morgan fingerprint density at radius 1 is 1.36 bits per heavy atom. The summed E-state index contributed by atoms with van der Waals surface area (Å²) in [6.45, 7) is 6.02. The minimum absolute atomic E-state index is 0. The molecule has 1 fully saturated rings. The van der Waals surface area contributed by atoms with Gasteiger partial charge in [0.1, 0.15) is 0 Å². The molecule has 1 aromatic carbocycles. The quantitative estimate of drug-likeness (QED) is 0.211. The smallest absolute Gasteiger partial charge is 0.191 e. The zero-order chi connectivity index (χ0) is 19.5. The van der Waals surface area contributed by atoms with Crippen molar-refractivity contribution < 1.29 is 18.9 Å². The highest BCUT2D eigenvalue weighted by Gasteiger charge is 2.15. The zero-order valence-electron chi connectivity index (χ0n) is 16.8. The van der Waals surface area contributed by atoms with Crippen molar-refractivity contribution in [2.75, 3.05) is 47.1 Å². The van der Waals surface area contributed by atoms with Gasteiger partial charge in [-0.05, 0) is 37.5 Å². The fourth-order valence-corrected chi connectivity index (χ4v) is 3.03. The lowest BCUT2D eigenvalue weighted by Crippen LogP contribution is -2.37. The van der Waals surface area contributed by atoms with Crippen LogP contribution in [0.3, 0.4) is 0 Å². The van der Waals surface area contributed by atoms with Gasteiger partial charge in [-0.15, -0.1) is 24.0 Å². The molecule has 1 saturated heterocycles. The number of hydrogen-bond donors (Lipinski definition) is 2. The number of nitrogens with one attached hydrogen (secondary N) is 2. The molecule has 1 aliphatic heterocycles. The van der Waals surface area contributed by atoms with E-state index >= 15 is 0 Å². The predicted molar refractivity (Wildman–Crippen MR) is 123 cm³/mol. The van der Waals surface area contributed by atoms with E-state index in [4.69, 9.17) is 30.5 Å². The van der Waals surface area contributed by atoms with E-state index in [9.17, 15) is 0 Å². The summed E-state index contributed by atoms with van der Waals surface area (Å²) in [6, 6.07) is 3.78. The van der Waals surface area contributed by atoms with Crippen molar-refractivity contribution in [1.29, 1.82) is 0 Å². The molecule has 7 nitrogen and oxygen atoms in total. The van der Waals surface area contributed by atoms with Crippen LogP contribution in [0.4, 0.5) is 0 Å². The lowest BCUT2D eigenvalue weighted by Gasteiger charge is -2.15. The molecule has 0 radical (unpaired) electrons. The van der Waals surface area contributed by atoms with E-state index in [1.54, 1.807) is 14.2 Å². The first-order chi connectivity index (χ1) is 13.2. The van der Waals surface area contributed by atoms with Crippen LogP contribution < -0.4 is 20.1 Å². The molecule has 0 aliphatic carbocycles. The van der Waals surface area contributed by atoms with E-state index in [-0.39, 0.29) is 30.1 Å². The van der Waals surface area contributed by atoms with Gasteiger partial charge in [-0.1, -0.05) is 11.6 Å². The van der Waals surface area contributed by atoms with Gasteiger partial charge in [0.05, 0.1) is 31.5 Å². The second-order valence-electron chi connectivity index (χ2n) is 6.10. The highest BCUT2D eigenvalue weighted by molar-refractivity contribution is 14.0.